The fraction of sp³-hybridized carbons (Fsp3) is 0.222. The molecule has 0 amide bonds. The van der Waals surface area contributed by atoms with Gasteiger partial charge in [0.15, 0.2) is 0 Å². The Kier molecular flexibility index (Phi) is 4.90. The summed E-state index contributed by atoms with van der Waals surface area (Å²) in [7, 11) is 0. The summed E-state index contributed by atoms with van der Waals surface area (Å²) in [6.45, 7) is 4.25. The van der Waals surface area contributed by atoms with Crippen molar-refractivity contribution in [2.24, 2.45) is 5.92 Å². The van der Waals surface area contributed by atoms with Crippen molar-refractivity contribution in [3.63, 3.8) is 0 Å². The Bertz CT molecular complexity index is 715. The Morgan fingerprint density at radius 2 is 1.91 bits per heavy atom. The molecular weight excluding hydrogens is 281 g/mol. The molecule has 0 radical (unpaired) electrons. The number of halogens is 1. The number of carbonyl (C=O) groups is 1. The van der Waals surface area contributed by atoms with Crippen LogP contribution in [0.25, 0.3) is 0 Å². The molecule has 112 valence electrons. The van der Waals surface area contributed by atoms with Crippen LogP contribution in [0.15, 0.2) is 42.5 Å². The largest absolute Gasteiger partial charge is 0.423 e. The lowest BCUT2D eigenvalue weighted by molar-refractivity contribution is 0.0734. The molecule has 0 fully saturated rings. The van der Waals surface area contributed by atoms with E-state index in [2.05, 4.69) is 13.8 Å². The second-order valence-corrected chi connectivity index (χ2v) is 5.44. The molecule has 0 aromatic heterocycles. The van der Waals surface area contributed by atoms with Gasteiger partial charge in [-0.05, 0) is 42.2 Å². The van der Waals surface area contributed by atoms with Gasteiger partial charge < -0.3 is 4.74 Å². The maximum absolute atomic E-state index is 13.5. The second kappa shape index (κ2) is 6.86. The smallest absolute Gasteiger partial charge is 0.343 e. The predicted molar refractivity (Wildman–Crippen MR) is 81.1 cm³/mol. The number of nitrogens with zero attached hydrogens (tertiary/aromatic N) is 1. The Hall–Kier alpha value is -2.67. The van der Waals surface area contributed by atoms with Crippen molar-refractivity contribution in [3.05, 3.63) is 65.0 Å². The van der Waals surface area contributed by atoms with Crippen LogP contribution in [0.1, 0.15) is 35.3 Å². The van der Waals surface area contributed by atoms with Gasteiger partial charge in [-0.1, -0.05) is 26.0 Å². The van der Waals surface area contributed by atoms with E-state index < -0.39 is 11.8 Å². The molecule has 0 aliphatic heterocycles. The number of rotatable bonds is 4. The Labute approximate surface area is 129 Å². The molecule has 0 atom stereocenters. The quantitative estimate of drug-likeness (QED) is 0.630. The maximum atomic E-state index is 13.5. The summed E-state index contributed by atoms with van der Waals surface area (Å²) in [5.74, 6) is -0.646. The number of esters is 1. The molecule has 0 aliphatic rings. The van der Waals surface area contributed by atoms with E-state index in [1.54, 1.807) is 18.2 Å². The summed E-state index contributed by atoms with van der Waals surface area (Å²) in [4.78, 5) is 12.0. The third-order valence-corrected chi connectivity index (χ3v) is 3.11. The zero-order chi connectivity index (χ0) is 16.1. The van der Waals surface area contributed by atoms with Gasteiger partial charge >= 0.3 is 5.97 Å². The minimum absolute atomic E-state index is 0.0766. The average molecular weight is 297 g/mol. The van der Waals surface area contributed by atoms with E-state index in [1.807, 2.05) is 12.1 Å². The van der Waals surface area contributed by atoms with Crippen molar-refractivity contribution >= 4 is 5.97 Å². The monoisotopic (exact) mass is 297 g/mol. The van der Waals surface area contributed by atoms with E-state index in [1.165, 1.54) is 12.1 Å². The van der Waals surface area contributed by atoms with Gasteiger partial charge in [0.25, 0.3) is 0 Å². The first kappa shape index (κ1) is 15.7. The van der Waals surface area contributed by atoms with Gasteiger partial charge in [-0.2, -0.15) is 5.26 Å². The number of nitriles is 1. The molecule has 0 spiro atoms. The highest BCUT2D eigenvalue weighted by Gasteiger charge is 2.11. The van der Waals surface area contributed by atoms with Crippen LogP contribution < -0.4 is 4.74 Å². The molecule has 2 rings (SSSR count). The molecule has 2 aromatic rings. The normalized spacial score (nSPS) is 10.3. The SMILES string of the molecule is CC(C)Cc1ccc(C(=O)Oc2ccc(C#N)c(F)c2)cc1. The molecule has 0 bridgehead atoms. The van der Waals surface area contributed by atoms with Gasteiger partial charge in [0.05, 0.1) is 11.1 Å². The van der Waals surface area contributed by atoms with Gasteiger partial charge in [-0.25, -0.2) is 9.18 Å². The topological polar surface area (TPSA) is 50.1 Å². The third-order valence-electron chi connectivity index (χ3n) is 3.11. The van der Waals surface area contributed by atoms with Crippen LogP contribution in [0, 0.1) is 23.1 Å². The van der Waals surface area contributed by atoms with Gasteiger partial charge in [-0.3, -0.25) is 0 Å². The number of hydrogen-bond acceptors (Lipinski definition) is 3. The second-order valence-electron chi connectivity index (χ2n) is 5.44. The molecule has 0 saturated heterocycles. The molecule has 0 aliphatic carbocycles. The van der Waals surface area contributed by atoms with Gasteiger partial charge in [0, 0.05) is 6.07 Å². The van der Waals surface area contributed by atoms with Crippen LogP contribution in [0.5, 0.6) is 5.75 Å². The van der Waals surface area contributed by atoms with E-state index >= 15 is 0 Å². The summed E-state index contributed by atoms with van der Waals surface area (Å²) < 4.78 is 18.6. The Morgan fingerprint density at radius 3 is 2.45 bits per heavy atom. The molecule has 0 heterocycles. The number of hydrogen-bond donors (Lipinski definition) is 0. The van der Waals surface area contributed by atoms with Crippen LogP contribution in [0.3, 0.4) is 0 Å². The van der Waals surface area contributed by atoms with E-state index in [0.717, 1.165) is 18.1 Å². The maximum Gasteiger partial charge on any atom is 0.343 e. The van der Waals surface area contributed by atoms with Crippen LogP contribution in [0.2, 0.25) is 0 Å². The first-order chi connectivity index (χ1) is 10.5. The van der Waals surface area contributed by atoms with Gasteiger partial charge in [0.2, 0.25) is 0 Å². The molecule has 2 aromatic carbocycles. The Morgan fingerprint density at radius 1 is 1.23 bits per heavy atom. The molecule has 0 N–H and O–H groups in total. The van der Waals surface area contributed by atoms with Crippen LogP contribution in [-0.4, -0.2) is 5.97 Å². The molecule has 3 nitrogen and oxygen atoms in total. The molecule has 22 heavy (non-hydrogen) atoms. The standard InChI is InChI=1S/C18H16FNO2/c1-12(2)9-13-3-5-14(6-4-13)18(21)22-16-8-7-15(11-20)17(19)10-16/h3-8,10,12H,9H2,1-2H3. The highest BCUT2D eigenvalue weighted by molar-refractivity contribution is 5.91. The highest BCUT2D eigenvalue weighted by Crippen LogP contribution is 2.18. The van der Waals surface area contributed by atoms with Crippen molar-refractivity contribution in [1.29, 1.82) is 5.26 Å². The van der Waals surface area contributed by atoms with Gasteiger partial charge in [-0.15, -0.1) is 0 Å². The molecule has 4 heteroatoms. The summed E-state index contributed by atoms with van der Waals surface area (Å²) in [6.07, 6.45) is 0.941. The Balaban J connectivity index is 2.09. The van der Waals surface area contributed by atoms with Crippen molar-refractivity contribution in [2.75, 3.05) is 0 Å². The lowest BCUT2D eigenvalue weighted by Crippen LogP contribution is -2.09. The number of benzene rings is 2. The predicted octanol–water partition coefficient (Wildman–Crippen LogP) is 4.12. The lowest BCUT2D eigenvalue weighted by atomic mass is 10.0. The van der Waals surface area contributed by atoms with Gasteiger partial charge in [0.1, 0.15) is 17.6 Å². The molecule has 0 saturated carbocycles. The van der Waals surface area contributed by atoms with E-state index in [9.17, 15) is 9.18 Å². The average Bonchev–Trinajstić information content (AvgIpc) is 2.47. The zero-order valence-electron chi connectivity index (χ0n) is 12.5. The van der Waals surface area contributed by atoms with Crippen LogP contribution in [0.4, 0.5) is 4.39 Å². The number of carbonyl (C=O) groups excluding carboxylic acids is 1. The number of ether oxygens (including phenoxy) is 1. The summed E-state index contributed by atoms with van der Waals surface area (Å²) >= 11 is 0. The third kappa shape index (κ3) is 3.92. The van der Waals surface area contributed by atoms with Crippen molar-refractivity contribution < 1.29 is 13.9 Å². The van der Waals surface area contributed by atoms with Crippen LogP contribution in [-0.2, 0) is 6.42 Å². The lowest BCUT2D eigenvalue weighted by Gasteiger charge is -2.07. The first-order valence-corrected chi connectivity index (χ1v) is 7.00. The first-order valence-electron chi connectivity index (χ1n) is 7.00. The van der Waals surface area contributed by atoms with Crippen molar-refractivity contribution in [2.45, 2.75) is 20.3 Å². The summed E-state index contributed by atoms with van der Waals surface area (Å²) in [6, 6.07) is 12.6. The van der Waals surface area contributed by atoms with E-state index in [-0.39, 0.29) is 11.3 Å². The molecular formula is C18H16FNO2. The minimum Gasteiger partial charge on any atom is -0.423 e. The summed E-state index contributed by atoms with van der Waals surface area (Å²) in [5, 5.41) is 8.66. The fourth-order valence-electron chi connectivity index (χ4n) is 2.06. The summed E-state index contributed by atoms with van der Waals surface area (Å²) in [5.41, 5.74) is 1.46. The van der Waals surface area contributed by atoms with Crippen LogP contribution >= 0.6 is 0 Å². The minimum atomic E-state index is -0.708. The fourth-order valence-corrected chi connectivity index (χ4v) is 2.06. The van der Waals surface area contributed by atoms with Crippen molar-refractivity contribution in [1.82, 2.24) is 0 Å². The zero-order valence-corrected chi connectivity index (χ0v) is 12.5. The van der Waals surface area contributed by atoms with E-state index in [4.69, 9.17) is 10.00 Å². The van der Waals surface area contributed by atoms with Crippen molar-refractivity contribution in [3.8, 4) is 11.8 Å². The molecule has 0 unspecified atom stereocenters. The highest BCUT2D eigenvalue weighted by atomic mass is 19.1. The van der Waals surface area contributed by atoms with E-state index in [0.29, 0.717) is 11.5 Å².